The van der Waals surface area contributed by atoms with Crippen LogP contribution in [0.3, 0.4) is 0 Å². The van der Waals surface area contributed by atoms with Crippen LogP contribution in [0, 0.1) is 11.3 Å². The van der Waals surface area contributed by atoms with Crippen molar-refractivity contribution in [2.45, 2.75) is 30.9 Å². The number of nitrogen functional groups attached to an aromatic ring is 1. The zero-order valence-corrected chi connectivity index (χ0v) is 17.5. The summed E-state index contributed by atoms with van der Waals surface area (Å²) >= 11 is 0. The van der Waals surface area contributed by atoms with Crippen molar-refractivity contribution in [2.24, 2.45) is 0 Å². The lowest BCUT2D eigenvalue weighted by atomic mass is 9.87. The fourth-order valence-electron chi connectivity index (χ4n) is 3.47. The number of nitrogens with zero attached hydrogens (tertiary/aromatic N) is 2. The molecule has 0 bridgehead atoms. The fourth-order valence-corrected chi connectivity index (χ4v) is 3.47. The van der Waals surface area contributed by atoms with Crippen molar-refractivity contribution in [2.75, 3.05) is 12.8 Å². The molecule has 0 aliphatic rings. The maximum Gasteiger partial charge on any atom is 0.419 e. The highest BCUT2D eigenvalue weighted by atomic mass is 19.4. The molecule has 0 fully saturated rings. The minimum Gasteiger partial charge on any atom is -0.464 e. The lowest BCUT2D eigenvalue weighted by Crippen LogP contribution is -2.33. The van der Waals surface area contributed by atoms with E-state index >= 15 is 0 Å². The topological polar surface area (TPSA) is 81.0 Å². The number of rotatable bonds is 2. The molecule has 5 nitrogen and oxygen atoms in total. The summed E-state index contributed by atoms with van der Waals surface area (Å²) in [5, 5.41) is 8.99. The Kier molecular flexibility index (Phi) is 7.13. The summed E-state index contributed by atoms with van der Waals surface area (Å²) < 4.78 is 210. The highest BCUT2D eigenvalue weighted by Gasteiger charge is 2.61. The number of ether oxygens (including phenoxy) is 1. The van der Waals surface area contributed by atoms with Crippen molar-refractivity contribution in [1.29, 1.82) is 5.26 Å². The normalized spacial score (nSPS) is 13.4. The van der Waals surface area contributed by atoms with Gasteiger partial charge in [0.05, 0.1) is 51.9 Å². The Morgan fingerprint density at radius 2 is 1.05 bits per heavy atom. The number of hydrogen-bond donors (Lipinski definition) is 1. The summed E-state index contributed by atoms with van der Waals surface area (Å²) in [6.45, 7) is 0. The average Bonchev–Trinajstić information content (AvgIpc) is 3.03. The van der Waals surface area contributed by atoms with Gasteiger partial charge in [0.2, 0.25) is 0 Å². The number of carbonyl (C=O) groups excluding carboxylic acids is 1. The van der Waals surface area contributed by atoms with Crippen LogP contribution in [0.4, 0.5) is 71.5 Å². The second kappa shape index (κ2) is 8.90. The summed E-state index contributed by atoms with van der Waals surface area (Å²) in [4.78, 5) is 12.1. The van der Waals surface area contributed by atoms with Crippen molar-refractivity contribution < 1.29 is 75.4 Å². The third-order valence-corrected chi connectivity index (χ3v) is 4.68. The number of aromatic nitrogens is 1. The van der Waals surface area contributed by atoms with Gasteiger partial charge < -0.3 is 15.0 Å². The van der Waals surface area contributed by atoms with E-state index in [2.05, 4.69) is 4.74 Å². The zero-order chi connectivity index (χ0) is 30.0. The van der Waals surface area contributed by atoms with Crippen LogP contribution >= 0.6 is 0 Å². The number of hydrogen-bond acceptors (Lipinski definition) is 4. The Bertz CT molecular complexity index is 1260. The van der Waals surface area contributed by atoms with Crippen LogP contribution < -0.4 is 5.73 Å². The van der Waals surface area contributed by atoms with Gasteiger partial charge in [0, 0.05) is 6.20 Å². The third-order valence-electron chi connectivity index (χ3n) is 4.68. The molecule has 0 unspecified atom stereocenters. The first-order valence-corrected chi connectivity index (χ1v) is 8.91. The molecule has 0 aliphatic heterocycles. The van der Waals surface area contributed by atoms with Crippen LogP contribution in [-0.4, -0.2) is 17.6 Å². The Balaban J connectivity index is 3.68. The van der Waals surface area contributed by atoms with Crippen molar-refractivity contribution in [3.8, 4) is 11.8 Å². The number of esters is 1. The van der Waals surface area contributed by atoms with Gasteiger partial charge in [-0.2, -0.15) is 71.1 Å². The molecule has 0 amide bonds. The molecule has 210 valence electrons. The van der Waals surface area contributed by atoms with E-state index in [1.165, 1.54) is 0 Å². The monoisotopic (exact) mass is 581 g/mol. The van der Waals surface area contributed by atoms with E-state index < -0.39 is 91.9 Å². The van der Waals surface area contributed by atoms with E-state index in [-0.39, 0.29) is 6.20 Å². The van der Waals surface area contributed by atoms with Gasteiger partial charge in [0.25, 0.3) is 0 Å². The van der Waals surface area contributed by atoms with Gasteiger partial charge >= 0.3 is 36.9 Å². The van der Waals surface area contributed by atoms with Crippen molar-refractivity contribution in [3.63, 3.8) is 0 Å². The molecule has 1 heterocycles. The van der Waals surface area contributed by atoms with E-state index in [1.54, 1.807) is 0 Å². The van der Waals surface area contributed by atoms with Gasteiger partial charge in [0.15, 0.2) is 5.69 Å². The van der Waals surface area contributed by atoms with E-state index in [0.29, 0.717) is 7.11 Å². The molecule has 2 aromatic rings. The third kappa shape index (κ3) is 5.13. The Hall–Kier alpha value is -3.79. The van der Waals surface area contributed by atoms with Crippen LogP contribution in [0.5, 0.6) is 0 Å². The maximum absolute atomic E-state index is 14.0. The van der Waals surface area contributed by atoms with Gasteiger partial charge in [-0.15, -0.1) is 0 Å². The molecular weight excluding hydrogens is 575 g/mol. The molecule has 38 heavy (non-hydrogen) atoms. The minimum absolute atomic E-state index is 0.297. The summed E-state index contributed by atoms with van der Waals surface area (Å²) in [5.41, 5.74) is -22.9. The molecule has 2 N–H and O–H groups in total. The zero-order valence-electron chi connectivity index (χ0n) is 17.5. The van der Waals surface area contributed by atoms with Crippen molar-refractivity contribution in [1.82, 2.24) is 4.57 Å². The van der Waals surface area contributed by atoms with Crippen molar-refractivity contribution in [3.05, 3.63) is 45.3 Å². The molecule has 0 radical (unpaired) electrons. The van der Waals surface area contributed by atoms with Crippen LogP contribution in [0.1, 0.15) is 43.9 Å². The lowest BCUT2D eigenvalue weighted by molar-refractivity contribution is -0.188. The van der Waals surface area contributed by atoms with Crippen LogP contribution in [0.15, 0.2) is 6.20 Å². The second-order valence-electron chi connectivity index (χ2n) is 6.99. The fraction of sp³-hybridized carbons (Fsp3) is 0.333. The Morgan fingerprint density at radius 1 is 0.737 bits per heavy atom. The van der Waals surface area contributed by atoms with Gasteiger partial charge in [-0.3, -0.25) is 0 Å². The number of nitrogens with two attached hydrogens (primary N) is 1. The smallest absolute Gasteiger partial charge is 0.419 e. The number of carbonyl (C=O) groups is 1. The van der Waals surface area contributed by atoms with Gasteiger partial charge in [-0.05, 0) is 0 Å². The molecule has 0 spiro atoms. The van der Waals surface area contributed by atoms with E-state index in [0.717, 1.165) is 6.07 Å². The highest BCUT2D eigenvalue weighted by Crippen LogP contribution is 2.57. The molecular formula is C18H6F15N3O2. The number of benzene rings is 1. The molecule has 0 atom stereocenters. The average molecular weight is 581 g/mol. The standard InChI is InChI=1S/C18H6F15N3O2/c1-38-13(37)12-10(35)4(2-34)3-36(12)11-8(17(28,29)30)6(15(22,23)24)5(14(19,20)21)7(16(25,26)27)9(11)18(31,32)33/h3H,35H2,1H3. The molecule has 1 aromatic heterocycles. The number of anilines is 1. The molecule has 0 aliphatic carbocycles. The van der Waals surface area contributed by atoms with E-state index in [1.807, 2.05) is 0 Å². The number of nitriles is 1. The second-order valence-corrected chi connectivity index (χ2v) is 6.99. The number of halogens is 15. The summed E-state index contributed by atoms with van der Waals surface area (Å²) in [6, 6.07) is 1.01. The predicted molar refractivity (Wildman–Crippen MR) is 91.2 cm³/mol. The first-order chi connectivity index (χ1) is 16.8. The predicted octanol–water partition coefficient (Wildman–Crippen LogP) is 6.81. The number of alkyl halides is 15. The first-order valence-electron chi connectivity index (χ1n) is 8.91. The first kappa shape index (κ1) is 30.4. The SMILES string of the molecule is COC(=O)c1c(N)c(C#N)cn1-c1c(C(F)(F)F)c(C(F)(F)F)c(C(F)(F)F)c(C(F)(F)F)c1C(F)(F)F. The lowest BCUT2D eigenvalue weighted by Gasteiger charge is -2.31. The Labute approximate surface area is 198 Å². The minimum atomic E-state index is -7.09. The molecule has 0 saturated heterocycles. The van der Waals surface area contributed by atoms with Crippen molar-refractivity contribution >= 4 is 11.7 Å². The summed E-state index contributed by atoms with van der Waals surface area (Å²) in [7, 11) is 0.398. The summed E-state index contributed by atoms with van der Waals surface area (Å²) in [5.74, 6) is -2.08. The largest absolute Gasteiger partial charge is 0.464 e. The maximum atomic E-state index is 14.0. The van der Waals surface area contributed by atoms with Gasteiger partial charge in [0.1, 0.15) is 6.07 Å². The highest BCUT2D eigenvalue weighted by molar-refractivity contribution is 5.96. The molecule has 0 saturated carbocycles. The van der Waals surface area contributed by atoms with E-state index in [4.69, 9.17) is 11.0 Å². The Morgan fingerprint density at radius 3 is 1.32 bits per heavy atom. The van der Waals surface area contributed by atoms with Gasteiger partial charge in [-0.25, -0.2) is 4.79 Å². The van der Waals surface area contributed by atoms with E-state index in [9.17, 15) is 70.7 Å². The van der Waals surface area contributed by atoms with Crippen LogP contribution in [0.2, 0.25) is 0 Å². The van der Waals surface area contributed by atoms with Crippen LogP contribution in [-0.2, 0) is 35.6 Å². The quantitative estimate of drug-likeness (QED) is 0.312. The summed E-state index contributed by atoms with van der Waals surface area (Å²) in [6.07, 6.45) is -35.2. The molecule has 20 heteroatoms. The van der Waals surface area contributed by atoms with Gasteiger partial charge in [-0.1, -0.05) is 0 Å². The molecule has 1 aromatic carbocycles. The van der Waals surface area contributed by atoms with Crippen LogP contribution in [0.25, 0.3) is 5.69 Å². The number of methoxy groups -OCH3 is 1. The molecule has 2 rings (SSSR count).